The Morgan fingerprint density at radius 3 is 2.78 bits per heavy atom. The van der Waals surface area contributed by atoms with Crippen LogP contribution in [0.5, 0.6) is 0 Å². The summed E-state index contributed by atoms with van der Waals surface area (Å²) in [7, 11) is -1.58. The van der Waals surface area contributed by atoms with Gasteiger partial charge in [0.1, 0.15) is 10.6 Å². The summed E-state index contributed by atoms with van der Waals surface area (Å²) in [6.07, 6.45) is 0.892. The van der Waals surface area contributed by atoms with E-state index in [0.29, 0.717) is 30.5 Å². The van der Waals surface area contributed by atoms with Crippen molar-refractivity contribution in [1.29, 1.82) is 0 Å². The molecule has 1 atom stereocenters. The van der Waals surface area contributed by atoms with Gasteiger partial charge in [-0.1, -0.05) is 5.16 Å². The number of rotatable bonds is 4. The van der Waals surface area contributed by atoms with Gasteiger partial charge >= 0.3 is 0 Å². The fourth-order valence-electron chi connectivity index (χ4n) is 2.44. The normalized spacial score (nSPS) is 21.6. The summed E-state index contributed by atoms with van der Waals surface area (Å²) in [5.74, 6) is 0.745. The predicted octanol–water partition coefficient (Wildman–Crippen LogP) is 0.521. The second-order valence-electron chi connectivity index (χ2n) is 4.73. The van der Waals surface area contributed by atoms with Crippen molar-refractivity contribution in [2.75, 3.05) is 26.7 Å². The molecule has 7 heteroatoms. The Morgan fingerprint density at radius 2 is 2.22 bits per heavy atom. The van der Waals surface area contributed by atoms with Gasteiger partial charge in [-0.15, -0.1) is 0 Å². The van der Waals surface area contributed by atoms with Crippen LogP contribution >= 0.6 is 0 Å². The second-order valence-corrected chi connectivity index (χ2v) is 6.60. The zero-order valence-corrected chi connectivity index (χ0v) is 11.7. The molecule has 102 valence electrons. The molecule has 0 unspecified atom stereocenters. The molecule has 2 rings (SSSR count). The molecule has 1 N–H and O–H groups in total. The zero-order valence-electron chi connectivity index (χ0n) is 10.9. The fraction of sp³-hybridized carbons (Fsp3) is 0.727. The number of aromatic nitrogens is 1. The van der Waals surface area contributed by atoms with Crippen LogP contribution in [0.3, 0.4) is 0 Å². The number of hydrogen-bond donors (Lipinski definition) is 1. The molecule has 18 heavy (non-hydrogen) atoms. The van der Waals surface area contributed by atoms with E-state index in [1.807, 2.05) is 7.05 Å². The average Bonchev–Trinajstić information content (AvgIpc) is 2.87. The summed E-state index contributed by atoms with van der Waals surface area (Å²) in [4.78, 5) is 0.229. The van der Waals surface area contributed by atoms with Crippen LogP contribution in [0.15, 0.2) is 9.42 Å². The third-order valence-electron chi connectivity index (χ3n) is 3.31. The molecule has 2 heterocycles. The van der Waals surface area contributed by atoms with Crippen molar-refractivity contribution in [2.24, 2.45) is 5.92 Å². The summed E-state index contributed by atoms with van der Waals surface area (Å²) in [5.41, 5.74) is 0.435. The molecule has 1 aliphatic heterocycles. The minimum Gasteiger partial charge on any atom is -0.360 e. The lowest BCUT2D eigenvalue weighted by Crippen LogP contribution is -2.31. The molecule has 1 saturated heterocycles. The first-order valence-electron chi connectivity index (χ1n) is 6.04. The van der Waals surface area contributed by atoms with Gasteiger partial charge < -0.3 is 9.84 Å². The number of aryl methyl sites for hydroxylation is 2. The topological polar surface area (TPSA) is 75.4 Å². The van der Waals surface area contributed by atoms with Gasteiger partial charge in [0.25, 0.3) is 0 Å². The van der Waals surface area contributed by atoms with Crippen LogP contribution < -0.4 is 5.32 Å². The minimum atomic E-state index is -3.46. The molecule has 0 spiro atoms. The Morgan fingerprint density at radius 1 is 1.50 bits per heavy atom. The van der Waals surface area contributed by atoms with Crippen LogP contribution in [-0.2, 0) is 10.0 Å². The summed E-state index contributed by atoms with van der Waals surface area (Å²) >= 11 is 0. The summed E-state index contributed by atoms with van der Waals surface area (Å²) in [6.45, 7) is 5.26. The van der Waals surface area contributed by atoms with E-state index in [-0.39, 0.29) is 4.90 Å². The summed E-state index contributed by atoms with van der Waals surface area (Å²) in [5, 5.41) is 6.80. The molecule has 0 bridgehead atoms. The van der Waals surface area contributed by atoms with Gasteiger partial charge in [0.05, 0.1) is 0 Å². The monoisotopic (exact) mass is 273 g/mol. The second kappa shape index (κ2) is 4.99. The maximum absolute atomic E-state index is 12.5. The lowest BCUT2D eigenvalue weighted by Gasteiger charge is -2.16. The number of nitrogens with zero attached hydrogens (tertiary/aromatic N) is 2. The first-order chi connectivity index (χ1) is 8.46. The summed E-state index contributed by atoms with van der Waals surface area (Å²) < 4.78 is 31.5. The average molecular weight is 273 g/mol. The molecular weight excluding hydrogens is 254 g/mol. The van der Waals surface area contributed by atoms with Crippen LogP contribution in [0.4, 0.5) is 0 Å². The predicted molar refractivity (Wildman–Crippen MR) is 66.8 cm³/mol. The maximum atomic E-state index is 12.5. The van der Waals surface area contributed by atoms with Crippen molar-refractivity contribution >= 4 is 10.0 Å². The van der Waals surface area contributed by atoms with Crippen molar-refractivity contribution < 1.29 is 12.9 Å². The van der Waals surface area contributed by atoms with E-state index >= 15 is 0 Å². The Bertz CT molecular complexity index is 504. The maximum Gasteiger partial charge on any atom is 0.248 e. The van der Waals surface area contributed by atoms with Crippen LogP contribution in [0.2, 0.25) is 0 Å². The highest BCUT2D eigenvalue weighted by atomic mass is 32.2. The van der Waals surface area contributed by atoms with E-state index in [1.54, 1.807) is 13.8 Å². The fourth-order valence-corrected chi connectivity index (χ4v) is 4.26. The molecule has 1 aromatic rings. The van der Waals surface area contributed by atoms with Gasteiger partial charge in [-0.05, 0) is 39.8 Å². The van der Waals surface area contributed by atoms with Gasteiger partial charge in [0, 0.05) is 13.1 Å². The molecule has 0 saturated carbocycles. The zero-order chi connectivity index (χ0) is 13.3. The van der Waals surface area contributed by atoms with Crippen molar-refractivity contribution in [3.8, 4) is 0 Å². The smallest absolute Gasteiger partial charge is 0.248 e. The SMILES string of the molecule is CNC[C@H]1CCN(S(=O)(=O)c2c(C)noc2C)C1. The molecule has 1 fully saturated rings. The highest BCUT2D eigenvalue weighted by Crippen LogP contribution is 2.27. The molecule has 1 aliphatic rings. The third kappa shape index (κ3) is 2.30. The molecular formula is C11H19N3O3S. The third-order valence-corrected chi connectivity index (χ3v) is 5.42. The van der Waals surface area contributed by atoms with Crippen LogP contribution in [0.1, 0.15) is 17.9 Å². The Hall–Kier alpha value is -0.920. The quantitative estimate of drug-likeness (QED) is 0.865. The molecule has 0 radical (unpaired) electrons. The largest absolute Gasteiger partial charge is 0.360 e. The van der Waals surface area contributed by atoms with E-state index in [2.05, 4.69) is 10.5 Å². The van der Waals surface area contributed by atoms with E-state index in [9.17, 15) is 8.42 Å². The van der Waals surface area contributed by atoms with Gasteiger partial charge in [-0.2, -0.15) is 4.31 Å². The highest BCUT2D eigenvalue weighted by Gasteiger charge is 2.35. The van der Waals surface area contributed by atoms with Crippen LogP contribution in [0.25, 0.3) is 0 Å². The van der Waals surface area contributed by atoms with Gasteiger partial charge in [0.2, 0.25) is 10.0 Å². The number of hydrogen-bond acceptors (Lipinski definition) is 5. The minimum absolute atomic E-state index is 0.229. The Labute approximate surface area is 107 Å². The first kappa shape index (κ1) is 13.5. The van der Waals surface area contributed by atoms with Crippen molar-refractivity contribution in [3.05, 3.63) is 11.5 Å². The van der Waals surface area contributed by atoms with E-state index < -0.39 is 10.0 Å². The lowest BCUT2D eigenvalue weighted by molar-refractivity contribution is 0.389. The molecule has 0 amide bonds. The van der Waals surface area contributed by atoms with Gasteiger partial charge in [0.15, 0.2) is 5.76 Å². The summed E-state index contributed by atoms with van der Waals surface area (Å²) in [6, 6.07) is 0. The molecule has 0 aromatic carbocycles. The Kier molecular flexibility index (Phi) is 3.74. The molecule has 6 nitrogen and oxygen atoms in total. The van der Waals surface area contributed by atoms with Crippen LogP contribution in [0, 0.1) is 19.8 Å². The van der Waals surface area contributed by atoms with Gasteiger partial charge in [-0.25, -0.2) is 8.42 Å². The van der Waals surface area contributed by atoms with Crippen molar-refractivity contribution in [1.82, 2.24) is 14.8 Å². The van der Waals surface area contributed by atoms with E-state index in [0.717, 1.165) is 13.0 Å². The van der Waals surface area contributed by atoms with Crippen molar-refractivity contribution in [2.45, 2.75) is 25.2 Å². The van der Waals surface area contributed by atoms with E-state index in [1.165, 1.54) is 4.31 Å². The highest BCUT2D eigenvalue weighted by molar-refractivity contribution is 7.89. The van der Waals surface area contributed by atoms with Crippen molar-refractivity contribution in [3.63, 3.8) is 0 Å². The lowest BCUT2D eigenvalue weighted by atomic mass is 10.1. The number of nitrogens with one attached hydrogen (secondary N) is 1. The molecule has 0 aliphatic carbocycles. The Balaban J connectivity index is 2.23. The van der Waals surface area contributed by atoms with E-state index in [4.69, 9.17) is 4.52 Å². The standard InChI is InChI=1S/C11H19N3O3S/c1-8-11(9(2)17-13-8)18(15,16)14-5-4-10(7-14)6-12-3/h10,12H,4-7H2,1-3H3/t10-/m1/s1. The van der Waals surface area contributed by atoms with Gasteiger partial charge in [-0.3, -0.25) is 0 Å². The molecule has 1 aromatic heterocycles. The van der Waals surface area contributed by atoms with Crippen LogP contribution in [-0.4, -0.2) is 44.6 Å². The first-order valence-corrected chi connectivity index (χ1v) is 7.48. The number of sulfonamides is 1.